The summed E-state index contributed by atoms with van der Waals surface area (Å²) in [6.07, 6.45) is 2.19. The van der Waals surface area contributed by atoms with Crippen LogP contribution in [0.1, 0.15) is 67.3 Å². The number of hydrogen-bond donors (Lipinski definition) is 0. The number of aromatic nitrogens is 1. The van der Waals surface area contributed by atoms with E-state index >= 15 is 0 Å². The Labute approximate surface area is 204 Å². The summed E-state index contributed by atoms with van der Waals surface area (Å²) >= 11 is 0. The zero-order chi connectivity index (χ0) is 24.4. The monoisotopic (exact) mass is 483 g/mol. The fourth-order valence-electron chi connectivity index (χ4n) is 7.45. The number of piperidine rings is 1. The summed E-state index contributed by atoms with van der Waals surface area (Å²) < 4.78 is 39.7. The largest absolute Gasteiger partial charge is 0.417 e. The third kappa shape index (κ3) is 3.78. The molecule has 2 aromatic rings. The molecule has 7 heteroatoms. The number of benzene rings is 1. The van der Waals surface area contributed by atoms with Gasteiger partial charge in [-0.15, -0.1) is 0 Å². The first-order valence-electron chi connectivity index (χ1n) is 12.9. The lowest BCUT2D eigenvalue weighted by Crippen LogP contribution is -2.42. The third-order valence-corrected chi connectivity index (χ3v) is 9.43. The normalized spacial score (nSPS) is 33.3. The van der Waals surface area contributed by atoms with Gasteiger partial charge in [-0.25, -0.2) is 0 Å². The fraction of sp³-hybridized carbons (Fsp3) is 0.571. The molecular weight excluding hydrogens is 451 g/mol. The molecule has 1 aromatic heterocycles. The van der Waals surface area contributed by atoms with E-state index in [9.17, 15) is 18.0 Å². The van der Waals surface area contributed by atoms with Crippen molar-refractivity contribution in [3.8, 4) is 0 Å². The van der Waals surface area contributed by atoms with Crippen LogP contribution < -0.4 is 0 Å². The van der Waals surface area contributed by atoms with Gasteiger partial charge in [0.2, 0.25) is 5.91 Å². The van der Waals surface area contributed by atoms with E-state index in [-0.39, 0.29) is 24.4 Å². The predicted molar refractivity (Wildman–Crippen MR) is 127 cm³/mol. The van der Waals surface area contributed by atoms with Crippen LogP contribution in [-0.2, 0) is 23.9 Å². The molecule has 35 heavy (non-hydrogen) atoms. The number of alkyl halides is 3. The quantitative estimate of drug-likeness (QED) is 0.572. The van der Waals surface area contributed by atoms with Crippen molar-refractivity contribution in [2.75, 3.05) is 13.1 Å². The van der Waals surface area contributed by atoms with Crippen molar-refractivity contribution in [1.29, 1.82) is 0 Å². The van der Waals surface area contributed by atoms with Gasteiger partial charge >= 0.3 is 6.18 Å². The van der Waals surface area contributed by atoms with E-state index in [1.807, 2.05) is 4.90 Å². The average molecular weight is 484 g/mol. The highest BCUT2D eigenvalue weighted by Gasteiger charge is 2.61. The molecule has 1 spiro atoms. The number of pyridine rings is 1. The molecule has 1 amide bonds. The van der Waals surface area contributed by atoms with Gasteiger partial charge in [-0.3, -0.25) is 14.7 Å². The number of hydrogen-bond acceptors (Lipinski definition) is 3. The van der Waals surface area contributed by atoms with Crippen LogP contribution in [-0.4, -0.2) is 45.9 Å². The van der Waals surface area contributed by atoms with Crippen LogP contribution in [0.25, 0.3) is 0 Å². The van der Waals surface area contributed by atoms with E-state index in [4.69, 9.17) is 0 Å². The zero-order valence-electron chi connectivity index (χ0n) is 20.1. The number of halogens is 3. The lowest BCUT2D eigenvalue weighted by atomic mass is 9.73. The predicted octanol–water partition coefficient (Wildman–Crippen LogP) is 5.42. The van der Waals surface area contributed by atoms with Crippen LogP contribution >= 0.6 is 0 Å². The lowest BCUT2D eigenvalue weighted by molar-refractivity contribution is -0.138. The molecule has 4 aliphatic rings. The smallest absolute Gasteiger partial charge is 0.334 e. The van der Waals surface area contributed by atoms with Gasteiger partial charge in [0, 0.05) is 43.5 Å². The van der Waals surface area contributed by atoms with Crippen molar-refractivity contribution in [2.45, 2.75) is 76.2 Å². The van der Waals surface area contributed by atoms with Gasteiger partial charge in [0.25, 0.3) is 0 Å². The van der Waals surface area contributed by atoms with E-state index in [1.54, 1.807) is 0 Å². The Hall–Kier alpha value is -2.41. The molecule has 5 atom stereocenters. The van der Waals surface area contributed by atoms with Crippen LogP contribution in [0, 0.1) is 11.3 Å². The lowest BCUT2D eigenvalue weighted by Gasteiger charge is -2.38. The fourth-order valence-corrected chi connectivity index (χ4v) is 7.45. The van der Waals surface area contributed by atoms with Gasteiger partial charge in [0.05, 0.1) is 11.0 Å². The van der Waals surface area contributed by atoms with Crippen molar-refractivity contribution in [3.05, 3.63) is 65.0 Å². The molecule has 0 N–H and O–H groups in total. The molecule has 4 nitrogen and oxygen atoms in total. The molecular formula is C28H32F3N3O. The second-order valence-corrected chi connectivity index (χ2v) is 11.1. The molecule has 3 aliphatic heterocycles. The van der Waals surface area contributed by atoms with Crippen molar-refractivity contribution in [3.63, 3.8) is 0 Å². The van der Waals surface area contributed by atoms with Gasteiger partial charge < -0.3 is 4.90 Å². The van der Waals surface area contributed by atoms with Gasteiger partial charge in [0.15, 0.2) is 0 Å². The number of rotatable bonds is 2. The number of carbonyl (C=O) groups excluding carboxylic acids is 1. The Kier molecular flexibility index (Phi) is 5.47. The third-order valence-electron chi connectivity index (χ3n) is 9.43. The summed E-state index contributed by atoms with van der Waals surface area (Å²) in [6.45, 7) is 4.54. The summed E-state index contributed by atoms with van der Waals surface area (Å²) in [5, 5.41) is 0. The highest BCUT2D eigenvalue weighted by atomic mass is 19.4. The molecule has 3 unspecified atom stereocenters. The molecule has 6 rings (SSSR count). The number of amides is 1. The Morgan fingerprint density at radius 1 is 1.14 bits per heavy atom. The molecule has 3 fully saturated rings. The maximum Gasteiger partial charge on any atom is 0.417 e. The number of nitrogens with zero attached hydrogens (tertiary/aromatic N) is 3. The van der Waals surface area contributed by atoms with Crippen LogP contribution in [0.4, 0.5) is 13.2 Å². The summed E-state index contributed by atoms with van der Waals surface area (Å²) in [5.41, 5.74) is 1.53. The minimum atomic E-state index is -4.42. The average Bonchev–Trinajstić information content (AvgIpc) is 3.40. The van der Waals surface area contributed by atoms with Gasteiger partial charge in [0.1, 0.15) is 0 Å². The second-order valence-electron chi connectivity index (χ2n) is 11.1. The van der Waals surface area contributed by atoms with Crippen LogP contribution in [0.15, 0.2) is 42.6 Å². The van der Waals surface area contributed by atoms with Gasteiger partial charge in [-0.05, 0) is 67.7 Å². The summed E-state index contributed by atoms with van der Waals surface area (Å²) in [6, 6.07) is 12.3. The minimum Gasteiger partial charge on any atom is -0.334 e. The maximum absolute atomic E-state index is 13.8. The molecule has 0 bridgehead atoms. The number of likely N-dealkylation sites (tertiary alicyclic amines) is 1. The van der Waals surface area contributed by atoms with Crippen molar-refractivity contribution < 1.29 is 18.0 Å². The molecule has 1 aliphatic carbocycles. The molecule has 1 saturated carbocycles. The second kappa shape index (κ2) is 8.32. The Morgan fingerprint density at radius 3 is 2.71 bits per heavy atom. The zero-order valence-corrected chi connectivity index (χ0v) is 20.1. The van der Waals surface area contributed by atoms with Crippen LogP contribution in [0.2, 0.25) is 0 Å². The maximum atomic E-state index is 13.8. The standard InChI is InChI=1S/C28H32F3N3O/c1-18-25-13-24-21(12-22(15-32-24)28(29,30)31)17-34(25)26(35)27(18)10-9-23(14-27)33-11-5-8-20(16-33)19-6-3-2-4-7-19/h2-4,6-7,12,15,18,20,23,25H,5,8-11,13-14,16-17H2,1H3/t18?,20?,23-,25?,27+/m1/s1. The van der Waals surface area contributed by atoms with Crippen LogP contribution in [0.3, 0.4) is 0 Å². The van der Waals surface area contributed by atoms with Crippen molar-refractivity contribution in [1.82, 2.24) is 14.8 Å². The summed E-state index contributed by atoms with van der Waals surface area (Å²) in [4.78, 5) is 22.5. The molecule has 4 heterocycles. The van der Waals surface area contributed by atoms with E-state index in [1.165, 1.54) is 24.5 Å². The Bertz CT molecular complexity index is 1120. The Balaban J connectivity index is 1.20. The van der Waals surface area contributed by atoms with E-state index in [2.05, 4.69) is 47.1 Å². The first-order valence-corrected chi connectivity index (χ1v) is 12.9. The van der Waals surface area contributed by atoms with E-state index in [0.717, 1.165) is 38.5 Å². The SMILES string of the molecule is CC1C2Cc3ncc(C(F)(F)F)cc3CN2C(=O)[C@]12CC[C@@H](N1CCCC(c3ccccc3)C1)C2. The molecule has 0 radical (unpaired) electrons. The Morgan fingerprint density at radius 2 is 1.94 bits per heavy atom. The highest BCUT2D eigenvalue weighted by Crippen LogP contribution is 2.55. The minimum absolute atomic E-state index is 0.0245. The molecule has 2 saturated heterocycles. The molecule has 1 aromatic carbocycles. The highest BCUT2D eigenvalue weighted by molar-refractivity contribution is 5.87. The van der Waals surface area contributed by atoms with Gasteiger partial charge in [-0.2, -0.15) is 13.2 Å². The van der Waals surface area contributed by atoms with E-state index < -0.39 is 17.2 Å². The van der Waals surface area contributed by atoms with Crippen LogP contribution in [0.5, 0.6) is 0 Å². The molecule has 186 valence electrons. The topological polar surface area (TPSA) is 36.4 Å². The van der Waals surface area contributed by atoms with E-state index in [0.29, 0.717) is 29.6 Å². The summed E-state index contributed by atoms with van der Waals surface area (Å²) in [5.74, 6) is 0.858. The number of fused-ring (bicyclic) bond motifs is 2. The van der Waals surface area contributed by atoms with Crippen molar-refractivity contribution in [2.24, 2.45) is 11.3 Å². The first kappa shape index (κ1) is 23.0. The van der Waals surface area contributed by atoms with Gasteiger partial charge in [-0.1, -0.05) is 37.3 Å². The first-order chi connectivity index (χ1) is 16.8. The summed E-state index contributed by atoms with van der Waals surface area (Å²) in [7, 11) is 0. The number of carbonyl (C=O) groups is 1. The van der Waals surface area contributed by atoms with Crippen molar-refractivity contribution >= 4 is 5.91 Å².